The van der Waals surface area contributed by atoms with Gasteiger partial charge in [-0.05, 0) is 18.2 Å². The molecule has 0 fully saturated rings. The van der Waals surface area contributed by atoms with Crippen molar-refractivity contribution in [1.82, 2.24) is 5.43 Å². The number of fused-ring (bicyclic) bond motifs is 1. The van der Waals surface area contributed by atoms with Gasteiger partial charge in [0.05, 0.1) is 37.0 Å². The van der Waals surface area contributed by atoms with Gasteiger partial charge in [-0.25, -0.2) is 5.43 Å². The molecule has 1 aliphatic rings. The molecule has 0 unspecified atom stereocenters. The number of para-hydroxylation sites is 2. The van der Waals surface area contributed by atoms with Gasteiger partial charge in [-0.15, -0.1) is 0 Å². The normalized spacial score (nSPS) is 15.1. The molecule has 28 heavy (non-hydrogen) atoms. The average Bonchev–Trinajstić information content (AvgIpc) is 2.72. The molecule has 0 spiro atoms. The van der Waals surface area contributed by atoms with Crippen molar-refractivity contribution in [3.8, 4) is 23.0 Å². The van der Waals surface area contributed by atoms with E-state index < -0.39 is 16.9 Å². The lowest BCUT2D eigenvalue weighted by molar-refractivity contribution is -0.385. The number of rotatable bonds is 6. The average molecular weight is 387 g/mol. The minimum atomic E-state index is -0.896. The van der Waals surface area contributed by atoms with E-state index in [0.717, 1.165) is 6.21 Å². The number of hydrogen-bond donors (Lipinski definition) is 1. The fourth-order valence-electron chi connectivity index (χ4n) is 2.53. The van der Waals surface area contributed by atoms with E-state index in [0.29, 0.717) is 17.2 Å². The Labute approximate surface area is 159 Å². The maximum absolute atomic E-state index is 12.2. The van der Waals surface area contributed by atoms with Crippen LogP contribution in [0.15, 0.2) is 41.5 Å². The minimum absolute atomic E-state index is 0.0227. The molecule has 146 valence electrons. The second-order valence-electron chi connectivity index (χ2n) is 5.62. The van der Waals surface area contributed by atoms with Crippen LogP contribution < -0.4 is 24.4 Å². The summed E-state index contributed by atoms with van der Waals surface area (Å²) in [6.45, 7) is 0.0227. The summed E-state index contributed by atoms with van der Waals surface area (Å²) in [5, 5.41) is 15.1. The molecule has 1 amide bonds. The number of nitrogens with zero attached hydrogens (tertiary/aromatic N) is 2. The molecule has 1 atom stereocenters. The van der Waals surface area contributed by atoms with Gasteiger partial charge < -0.3 is 18.9 Å². The molecular weight excluding hydrogens is 370 g/mol. The number of nitro benzene ring substituents is 1. The van der Waals surface area contributed by atoms with Gasteiger partial charge in [0.15, 0.2) is 23.0 Å². The second-order valence-corrected chi connectivity index (χ2v) is 5.62. The summed E-state index contributed by atoms with van der Waals surface area (Å²) in [7, 11) is 2.78. The van der Waals surface area contributed by atoms with Crippen LogP contribution in [0.3, 0.4) is 0 Å². The van der Waals surface area contributed by atoms with Crippen molar-refractivity contribution in [3.05, 3.63) is 52.1 Å². The van der Waals surface area contributed by atoms with Gasteiger partial charge in [-0.2, -0.15) is 5.10 Å². The number of ether oxygens (including phenoxy) is 4. The van der Waals surface area contributed by atoms with E-state index in [1.807, 2.05) is 0 Å². The molecule has 2 aromatic rings. The molecule has 0 saturated heterocycles. The highest BCUT2D eigenvalue weighted by Gasteiger charge is 2.27. The third-order valence-electron chi connectivity index (χ3n) is 3.91. The third-order valence-corrected chi connectivity index (χ3v) is 3.91. The van der Waals surface area contributed by atoms with Crippen LogP contribution in [0.1, 0.15) is 5.56 Å². The first-order chi connectivity index (χ1) is 13.5. The lowest BCUT2D eigenvalue weighted by Gasteiger charge is -2.24. The summed E-state index contributed by atoms with van der Waals surface area (Å²) >= 11 is 0. The van der Waals surface area contributed by atoms with Crippen LogP contribution in [0.2, 0.25) is 0 Å². The summed E-state index contributed by atoms with van der Waals surface area (Å²) in [6.07, 6.45) is 0.253. The molecule has 1 aliphatic heterocycles. The van der Waals surface area contributed by atoms with Crippen LogP contribution in [0.5, 0.6) is 23.0 Å². The topological polar surface area (TPSA) is 122 Å². The number of carbonyl (C=O) groups excluding carboxylic acids is 1. The van der Waals surface area contributed by atoms with E-state index in [2.05, 4.69) is 10.5 Å². The first-order valence-corrected chi connectivity index (χ1v) is 8.15. The smallest absolute Gasteiger partial charge is 0.284 e. The molecule has 0 saturated carbocycles. The largest absolute Gasteiger partial charge is 0.493 e. The van der Waals surface area contributed by atoms with Crippen molar-refractivity contribution in [2.24, 2.45) is 5.10 Å². The maximum Gasteiger partial charge on any atom is 0.284 e. The van der Waals surface area contributed by atoms with Crippen molar-refractivity contribution < 1.29 is 28.7 Å². The first kappa shape index (κ1) is 19.0. The van der Waals surface area contributed by atoms with E-state index in [-0.39, 0.29) is 23.6 Å². The predicted octanol–water partition coefficient (Wildman–Crippen LogP) is 1.90. The highest BCUT2D eigenvalue weighted by Crippen LogP contribution is 2.34. The van der Waals surface area contributed by atoms with Crippen LogP contribution >= 0.6 is 0 Å². The summed E-state index contributed by atoms with van der Waals surface area (Å²) in [6, 6.07) is 9.59. The Morgan fingerprint density at radius 3 is 2.61 bits per heavy atom. The van der Waals surface area contributed by atoms with Crippen LogP contribution in [0.4, 0.5) is 5.69 Å². The van der Waals surface area contributed by atoms with E-state index in [1.54, 1.807) is 24.3 Å². The Bertz CT molecular complexity index is 929. The van der Waals surface area contributed by atoms with Crippen molar-refractivity contribution in [2.45, 2.75) is 6.10 Å². The molecular formula is C18H17N3O7. The Morgan fingerprint density at radius 1 is 1.25 bits per heavy atom. The molecule has 2 aromatic carbocycles. The first-order valence-electron chi connectivity index (χ1n) is 8.15. The van der Waals surface area contributed by atoms with E-state index >= 15 is 0 Å². The monoisotopic (exact) mass is 387 g/mol. The molecule has 3 rings (SSSR count). The van der Waals surface area contributed by atoms with Gasteiger partial charge in [-0.3, -0.25) is 14.9 Å². The van der Waals surface area contributed by atoms with Crippen molar-refractivity contribution in [3.63, 3.8) is 0 Å². The number of benzene rings is 2. The molecule has 0 radical (unpaired) electrons. The van der Waals surface area contributed by atoms with Gasteiger partial charge in [-0.1, -0.05) is 12.1 Å². The Hall–Kier alpha value is -3.82. The number of carbonyl (C=O) groups is 1. The lowest BCUT2D eigenvalue weighted by Crippen LogP contribution is -2.42. The number of nitro groups is 1. The van der Waals surface area contributed by atoms with Crippen LogP contribution in [-0.2, 0) is 4.79 Å². The molecule has 0 aliphatic carbocycles. The fourth-order valence-corrected chi connectivity index (χ4v) is 2.53. The number of amides is 1. The SMILES string of the molecule is COc1cc(/C=N\NC(=O)[C@H]2COc3ccccc3O2)c([N+](=O)[O-])cc1OC. The van der Waals surface area contributed by atoms with Crippen molar-refractivity contribution >= 4 is 17.8 Å². The third kappa shape index (κ3) is 3.95. The highest BCUT2D eigenvalue weighted by atomic mass is 16.6. The maximum atomic E-state index is 12.2. The zero-order chi connectivity index (χ0) is 20.1. The summed E-state index contributed by atoms with van der Waals surface area (Å²) in [5.41, 5.74) is 2.18. The van der Waals surface area contributed by atoms with Gasteiger partial charge in [0, 0.05) is 0 Å². The molecule has 0 aromatic heterocycles. The number of methoxy groups -OCH3 is 2. The summed E-state index contributed by atoms with van der Waals surface area (Å²) < 4.78 is 21.2. The van der Waals surface area contributed by atoms with E-state index in [9.17, 15) is 14.9 Å². The van der Waals surface area contributed by atoms with Gasteiger partial charge in [0.1, 0.15) is 6.61 Å². The summed E-state index contributed by atoms with van der Waals surface area (Å²) in [5.74, 6) is 0.960. The Kier molecular flexibility index (Phi) is 5.58. The zero-order valence-electron chi connectivity index (χ0n) is 15.1. The highest BCUT2D eigenvalue weighted by molar-refractivity contribution is 5.89. The van der Waals surface area contributed by atoms with Crippen LogP contribution in [0.25, 0.3) is 0 Å². The number of hydrazone groups is 1. The number of nitrogens with one attached hydrogen (secondary N) is 1. The molecule has 10 heteroatoms. The molecule has 10 nitrogen and oxygen atoms in total. The van der Waals surface area contributed by atoms with Crippen LogP contribution in [0, 0.1) is 10.1 Å². The van der Waals surface area contributed by atoms with Crippen molar-refractivity contribution in [1.29, 1.82) is 0 Å². The standard InChI is InChI=1S/C18H17N3O7/c1-25-15-7-11(12(21(23)24)8-16(15)26-2)9-19-20-18(22)17-10-27-13-5-3-4-6-14(13)28-17/h3-9,17H,10H2,1-2H3,(H,20,22)/b19-9-/t17-/m1/s1. The molecule has 1 N–H and O–H groups in total. The van der Waals surface area contributed by atoms with Gasteiger partial charge >= 0.3 is 0 Å². The quantitative estimate of drug-likeness (QED) is 0.456. The van der Waals surface area contributed by atoms with Crippen LogP contribution in [-0.4, -0.2) is 44.0 Å². The Morgan fingerprint density at radius 2 is 1.93 bits per heavy atom. The number of hydrogen-bond acceptors (Lipinski definition) is 8. The molecule has 0 bridgehead atoms. The van der Waals surface area contributed by atoms with Gasteiger partial charge in [0.2, 0.25) is 6.10 Å². The van der Waals surface area contributed by atoms with Crippen molar-refractivity contribution in [2.75, 3.05) is 20.8 Å². The summed E-state index contributed by atoms with van der Waals surface area (Å²) in [4.78, 5) is 22.9. The van der Waals surface area contributed by atoms with E-state index in [1.165, 1.54) is 26.4 Å². The van der Waals surface area contributed by atoms with E-state index in [4.69, 9.17) is 18.9 Å². The van der Waals surface area contributed by atoms with Gasteiger partial charge in [0.25, 0.3) is 11.6 Å². The lowest BCUT2D eigenvalue weighted by atomic mass is 10.1. The Balaban J connectivity index is 1.72. The molecule has 1 heterocycles. The predicted molar refractivity (Wildman–Crippen MR) is 98.3 cm³/mol. The fraction of sp³-hybridized carbons (Fsp3) is 0.222. The zero-order valence-corrected chi connectivity index (χ0v) is 15.1. The minimum Gasteiger partial charge on any atom is -0.493 e. The second kappa shape index (κ2) is 8.25.